The zero-order valence-corrected chi connectivity index (χ0v) is 18.6. The Kier molecular flexibility index (Phi) is 4.76. The molecule has 1 aromatic rings. The number of benzene rings is 1. The summed E-state index contributed by atoms with van der Waals surface area (Å²) in [4.78, 5) is 26.1. The van der Waals surface area contributed by atoms with E-state index in [9.17, 15) is 14.0 Å². The molecule has 0 spiro atoms. The molecule has 2 amide bonds. The van der Waals surface area contributed by atoms with Crippen LogP contribution in [0.5, 0.6) is 0 Å². The Morgan fingerprint density at radius 1 is 1.26 bits per heavy atom. The van der Waals surface area contributed by atoms with Gasteiger partial charge in [0.2, 0.25) is 5.91 Å². The molecule has 0 radical (unpaired) electrons. The van der Waals surface area contributed by atoms with E-state index in [2.05, 4.69) is 26.1 Å². The van der Waals surface area contributed by atoms with Gasteiger partial charge in [-0.15, -0.1) is 0 Å². The van der Waals surface area contributed by atoms with Crippen molar-refractivity contribution in [1.82, 2.24) is 4.90 Å². The van der Waals surface area contributed by atoms with Crippen LogP contribution in [0.3, 0.4) is 0 Å². The van der Waals surface area contributed by atoms with E-state index in [-0.39, 0.29) is 40.4 Å². The molecule has 5 aliphatic rings. The van der Waals surface area contributed by atoms with E-state index in [0.29, 0.717) is 24.1 Å². The van der Waals surface area contributed by atoms with Gasteiger partial charge in [-0.1, -0.05) is 13.8 Å². The van der Waals surface area contributed by atoms with Gasteiger partial charge in [0.1, 0.15) is 5.82 Å². The molecule has 31 heavy (non-hydrogen) atoms. The molecule has 0 unspecified atom stereocenters. The average Bonchev–Trinajstić information content (AvgIpc) is 3.30. The molecule has 166 valence electrons. The zero-order valence-electron chi connectivity index (χ0n) is 18.6. The maximum absolute atomic E-state index is 14.7. The van der Waals surface area contributed by atoms with Crippen LogP contribution in [0.15, 0.2) is 18.2 Å². The number of carbonyl (C=O) groups excluding carboxylic acids is 2. The van der Waals surface area contributed by atoms with Gasteiger partial charge in [0, 0.05) is 19.2 Å². The molecule has 2 bridgehead atoms. The van der Waals surface area contributed by atoms with E-state index < -0.39 is 12.9 Å². The summed E-state index contributed by atoms with van der Waals surface area (Å²) in [6, 6.07) is 4.18. The van der Waals surface area contributed by atoms with Crippen molar-refractivity contribution < 1.29 is 23.3 Å². The number of hydrogen-bond donors (Lipinski definition) is 1. The second-order valence-corrected chi connectivity index (χ2v) is 10.4. The highest BCUT2D eigenvalue weighted by molar-refractivity contribution is 6.48. The Hall–Kier alpha value is -1.93. The average molecular weight is 428 g/mol. The Morgan fingerprint density at radius 3 is 2.71 bits per heavy atom. The first-order chi connectivity index (χ1) is 14.6. The molecule has 6 nitrogen and oxygen atoms in total. The van der Waals surface area contributed by atoms with Gasteiger partial charge in [-0.05, 0) is 68.1 Å². The molecule has 3 saturated carbocycles. The lowest BCUT2D eigenvalue weighted by atomic mass is 9.43. The summed E-state index contributed by atoms with van der Waals surface area (Å²) in [7, 11) is -0.474. The van der Waals surface area contributed by atoms with Crippen molar-refractivity contribution in [2.75, 3.05) is 11.9 Å². The lowest BCUT2D eigenvalue weighted by Crippen LogP contribution is -2.65. The van der Waals surface area contributed by atoms with Crippen LogP contribution in [0.25, 0.3) is 0 Å². The molecule has 1 N–H and O–H groups in total. The van der Waals surface area contributed by atoms with Crippen molar-refractivity contribution in [3.8, 4) is 0 Å². The first kappa shape index (κ1) is 20.9. The minimum Gasteiger partial charge on any atom is -0.404 e. The van der Waals surface area contributed by atoms with Crippen LogP contribution in [0.4, 0.5) is 10.1 Å². The van der Waals surface area contributed by atoms with E-state index in [1.165, 1.54) is 25.5 Å². The molecular weight excluding hydrogens is 398 g/mol. The first-order valence-corrected chi connectivity index (χ1v) is 11.3. The normalized spacial score (nSPS) is 35.5. The molecule has 2 saturated heterocycles. The fourth-order valence-electron chi connectivity index (χ4n) is 6.52. The van der Waals surface area contributed by atoms with Crippen LogP contribution < -0.4 is 5.32 Å². The third-order valence-corrected chi connectivity index (χ3v) is 8.36. The van der Waals surface area contributed by atoms with E-state index in [0.717, 1.165) is 19.3 Å². The quantitative estimate of drug-likeness (QED) is 0.747. The SMILES string of the molecule is CC(=O)Nc1ccc(C(=O)N2CCC[C@H]2B2O[C@@H]3C[C@@H]4C[C@@H](C4(C)C)[C@]3(C)O2)c(F)c1. The summed E-state index contributed by atoms with van der Waals surface area (Å²) < 4.78 is 27.7. The summed E-state index contributed by atoms with van der Waals surface area (Å²) in [5, 5.41) is 2.54. The topological polar surface area (TPSA) is 67.9 Å². The lowest BCUT2D eigenvalue weighted by molar-refractivity contribution is -0.199. The summed E-state index contributed by atoms with van der Waals surface area (Å²) >= 11 is 0. The van der Waals surface area contributed by atoms with E-state index >= 15 is 0 Å². The van der Waals surface area contributed by atoms with Gasteiger partial charge in [0.15, 0.2) is 0 Å². The molecule has 1 aromatic carbocycles. The molecular formula is C23H30BFN2O4. The van der Waals surface area contributed by atoms with Crippen molar-refractivity contribution >= 4 is 24.6 Å². The van der Waals surface area contributed by atoms with E-state index in [1.807, 2.05) is 0 Å². The third-order valence-electron chi connectivity index (χ3n) is 8.36. The lowest BCUT2D eigenvalue weighted by Gasteiger charge is -2.64. The highest BCUT2D eigenvalue weighted by atomic mass is 19.1. The summed E-state index contributed by atoms with van der Waals surface area (Å²) in [5.41, 5.74) is 0.269. The van der Waals surface area contributed by atoms with E-state index in [1.54, 1.807) is 11.0 Å². The monoisotopic (exact) mass is 428 g/mol. The minimum atomic E-state index is -0.640. The fraction of sp³-hybridized carbons (Fsp3) is 0.652. The van der Waals surface area contributed by atoms with Gasteiger partial charge < -0.3 is 19.5 Å². The van der Waals surface area contributed by atoms with Crippen LogP contribution in [-0.2, 0) is 14.1 Å². The molecule has 3 aliphatic carbocycles. The number of nitrogens with zero attached hydrogens (tertiary/aromatic N) is 1. The fourth-order valence-corrected chi connectivity index (χ4v) is 6.52. The number of rotatable bonds is 3. The Morgan fingerprint density at radius 2 is 2.03 bits per heavy atom. The van der Waals surface area contributed by atoms with E-state index in [4.69, 9.17) is 9.31 Å². The number of amides is 2. The Bertz CT molecular complexity index is 940. The second-order valence-electron chi connectivity index (χ2n) is 10.4. The molecule has 6 rings (SSSR count). The molecule has 5 fully saturated rings. The number of likely N-dealkylation sites (tertiary alicyclic amines) is 1. The molecule has 8 heteroatoms. The van der Waals surface area contributed by atoms with Crippen molar-refractivity contribution in [2.24, 2.45) is 17.3 Å². The number of halogens is 1. The molecule has 0 aromatic heterocycles. The van der Waals surface area contributed by atoms with Crippen LogP contribution in [0.2, 0.25) is 0 Å². The van der Waals surface area contributed by atoms with Gasteiger partial charge in [0.05, 0.1) is 23.2 Å². The van der Waals surface area contributed by atoms with Gasteiger partial charge in [-0.25, -0.2) is 4.39 Å². The first-order valence-electron chi connectivity index (χ1n) is 11.3. The van der Waals surface area contributed by atoms with Crippen molar-refractivity contribution in [2.45, 2.75) is 71.0 Å². The van der Waals surface area contributed by atoms with Gasteiger partial charge in [-0.2, -0.15) is 0 Å². The van der Waals surface area contributed by atoms with Crippen LogP contribution >= 0.6 is 0 Å². The van der Waals surface area contributed by atoms with Crippen LogP contribution in [0.1, 0.15) is 63.7 Å². The highest BCUT2D eigenvalue weighted by Gasteiger charge is 2.69. The van der Waals surface area contributed by atoms with Crippen LogP contribution in [0, 0.1) is 23.1 Å². The summed E-state index contributed by atoms with van der Waals surface area (Å²) in [5.74, 6) is -0.382. The molecule has 5 atom stereocenters. The van der Waals surface area contributed by atoms with Crippen molar-refractivity contribution in [3.05, 3.63) is 29.6 Å². The van der Waals surface area contributed by atoms with Crippen molar-refractivity contribution in [3.63, 3.8) is 0 Å². The maximum atomic E-state index is 14.7. The highest BCUT2D eigenvalue weighted by Crippen LogP contribution is 2.65. The summed E-state index contributed by atoms with van der Waals surface area (Å²) in [6.07, 6.45) is 3.85. The maximum Gasteiger partial charge on any atom is 0.481 e. The van der Waals surface area contributed by atoms with Gasteiger partial charge in [0.25, 0.3) is 5.91 Å². The minimum absolute atomic E-state index is 0.00557. The van der Waals surface area contributed by atoms with Crippen molar-refractivity contribution in [1.29, 1.82) is 0 Å². The predicted molar refractivity (Wildman–Crippen MR) is 115 cm³/mol. The van der Waals surface area contributed by atoms with Crippen LogP contribution in [-0.4, -0.2) is 48.0 Å². The standard InChI is InChI=1S/C23H30BFN2O4/c1-13(28)26-15-7-8-16(17(25)12-15)21(29)27-9-5-6-20(27)24-30-19-11-14-10-18(22(14,2)3)23(19,4)31-24/h7-8,12,14,18-20H,5-6,9-11H2,1-4H3,(H,26,28)/t14-,18-,19+,20-,23-/m0/s1. The van der Waals surface area contributed by atoms with Gasteiger partial charge >= 0.3 is 7.12 Å². The second kappa shape index (κ2) is 7.04. The largest absolute Gasteiger partial charge is 0.481 e. The Labute approximate surface area is 183 Å². The number of hydrogen-bond acceptors (Lipinski definition) is 4. The van der Waals surface area contributed by atoms with Gasteiger partial charge in [-0.3, -0.25) is 9.59 Å². The smallest absolute Gasteiger partial charge is 0.404 e. The summed E-state index contributed by atoms with van der Waals surface area (Å²) in [6.45, 7) is 8.72. The number of nitrogens with one attached hydrogen (secondary N) is 1. The predicted octanol–water partition coefficient (Wildman–Crippen LogP) is 3.66. The zero-order chi connectivity index (χ0) is 22.1. The Balaban J connectivity index is 1.34. The number of anilines is 1. The number of carbonyl (C=O) groups is 2. The third kappa shape index (κ3) is 3.13. The molecule has 2 heterocycles. The molecule has 2 aliphatic heterocycles.